The summed E-state index contributed by atoms with van der Waals surface area (Å²) in [5.74, 6) is 0.869. The molecule has 0 radical (unpaired) electrons. The first-order valence-electron chi connectivity index (χ1n) is 11.3. The van der Waals surface area contributed by atoms with E-state index >= 15 is 0 Å². The molecule has 3 unspecified atom stereocenters. The maximum Gasteiger partial charge on any atom is 0.260 e. The maximum atomic E-state index is 13.0. The second kappa shape index (κ2) is 8.99. The number of hydrazine groups is 2. The van der Waals surface area contributed by atoms with Crippen molar-refractivity contribution in [2.45, 2.75) is 44.2 Å². The van der Waals surface area contributed by atoms with E-state index in [2.05, 4.69) is 16.4 Å². The molecule has 1 saturated carbocycles. The minimum absolute atomic E-state index is 0.0319. The molecule has 1 aromatic carbocycles. The fourth-order valence-corrected chi connectivity index (χ4v) is 6.03. The summed E-state index contributed by atoms with van der Waals surface area (Å²) < 4.78 is 5.59. The first-order valence-corrected chi connectivity index (χ1v) is 12.1. The average Bonchev–Trinajstić information content (AvgIpc) is 3.23. The van der Waals surface area contributed by atoms with Crippen LogP contribution in [0.5, 0.6) is 5.75 Å². The molecule has 1 aliphatic carbocycles. The summed E-state index contributed by atoms with van der Waals surface area (Å²) in [5, 5.41) is 0.953. The van der Waals surface area contributed by atoms with Crippen molar-refractivity contribution < 1.29 is 14.3 Å². The molecule has 3 N–H and O–H groups in total. The zero-order chi connectivity index (χ0) is 22.3. The normalized spacial score (nSPS) is 28.9. The second-order valence-electron chi connectivity index (χ2n) is 9.61. The molecule has 4 aliphatic rings. The van der Waals surface area contributed by atoms with Crippen LogP contribution in [0, 0.1) is 11.3 Å². The van der Waals surface area contributed by atoms with Crippen LogP contribution in [-0.2, 0) is 9.59 Å². The number of carbonyl (C=O) groups is 2. The zero-order valence-electron chi connectivity index (χ0n) is 17.9. The van der Waals surface area contributed by atoms with E-state index in [9.17, 15) is 9.59 Å². The molecule has 1 spiro atoms. The molecule has 174 valence electrons. The van der Waals surface area contributed by atoms with Gasteiger partial charge in [0.05, 0.1) is 0 Å². The molecular formula is C22H29Cl2N5O3. The number of ether oxygens (including phenoxy) is 1. The van der Waals surface area contributed by atoms with Crippen LogP contribution in [0.3, 0.4) is 0 Å². The Kier molecular flexibility index (Phi) is 6.24. The van der Waals surface area contributed by atoms with Gasteiger partial charge < -0.3 is 14.5 Å². The third-order valence-corrected chi connectivity index (χ3v) is 7.89. The van der Waals surface area contributed by atoms with E-state index in [4.69, 9.17) is 27.9 Å². The first-order chi connectivity index (χ1) is 15.4. The number of piperidine rings is 1. The number of carbonyl (C=O) groups excluding carboxylic acids is 2. The van der Waals surface area contributed by atoms with Crippen molar-refractivity contribution >= 4 is 35.0 Å². The van der Waals surface area contributed by atoms with Gasteiger partial charge >= 0.3 is 0 Å². The van der Waals surface area contributed by atoms with Gasteiger partial charge in [0, 0.05) is 59.6 Å². The standard InChI is InChI=1S/C22H29Cl2N5O3/c23-15-8-16(24)10-17(9-15)32-11-20(30)28-5-3-22(4-6-28)12-29(13-22)21(31)14-1-2-18-19(7-14)26-27-25-18/h8-10,14,18-19,25-27H,1-7,11-13H2. The summed E-state index contributed by atoms with van der Waals surface area (Å²) in [6.07, 6.45) is 4.69. The van der Waals surface area contributed by atoms with Crippen LogP contribution in [0.25, 0.3) is 0 Å². The third kappa shape index (κ3) is 4.56. The Hall–Kier alpha value is -1.58. The lowest BCUT2D eigenvalue weighted by Gasteiger charge is -2.54. The van der Waals surface area contributed by atoms with Gasteiger partial charge in [0.25, 0.3) is 5.91 Å². The Labute approximate surface area is 197 Å². The second-order valence-corrected chi connectivity index (χ2v) is 10.5. The number of benzene rings is 1. The van der Waals surface area contributed by atoms with Crippen molar-refractivity contribution in [3.8, 4) is 5.75 Å². The lowest BCUT2D eigenvalue weighted by Crippen LogP contribution is -2.63. The van der Waals surface area contributed by atoms with Crippen molar-refractivity contribution in [2.75, 3.05) is 32.8 Å². The molecule has 0 aromatic heterocycles. The Morgan fingerprint density at radius 1 is 1.00 bits per heavy atom. The highest BCUT2D eigenvalue weighted by Crippen LogP contribution is 2.42. The molecular weight excluding hydrogens is 453 g/mol. The number of amides is 2. The highest BCUT2D eigenvalue weighted by molar-refractivity contribution is 6.34. The molecule has 3 aliphatic heterocycles. The van der Waals surface area contributed by atoms with Crippen molar-refractivity contribution in [2.24, 2.45) is 11.3 Å². The Balaban J connectivity index is 1.06. The van der Waals surface area contributed by atoms with E-state index in [0.29, 0.717) is 46.9 Å². The monoisotopic (exact) mass is 481 g/mol. The number of nitrogens with zero attached hydrogens (tertiary/aromatic N) is 2. The van der Waals surface area contributed by atoms with Gasteiger partial charge in [-0.2, -0.15) is 5.53 Å². The summed E-state index contributed by atoms with van der Waals surface area (Å²) in [7, 11) is 0. The summed E-state index contributed by atoms with van der Waals surface area (Å²) >= 11 is 12.0. The van der Waals surface area contributed by atoms with Gasteiger partial charge in [-0.3, -0.25) is 9.59 Å². The number of nitrogens with one attached hydrogen (secondary N) is 3. The maximum absolute atomic E-state index is 13.0. The molecule has 4 fully saturated rings. The van der Waals surface area contributed by atoms with Crippen LogP contribution in [-0.4, -0.2) is 66.5 Å². The number of fused-ring (bicyclic) bond motifs is 1. The predicted octanol–water partition coefficient (Wildman–Crippen LogP) is 1.97. The van der Waals surface area contributed by atoms with Gasteiger partial charge in [-0.1, -0.05) is 23.2 Å². The molecule has 0 bridgehead atoms. The predicted molar refractivity (Wildman–Crippen MR) is 121 cm³/mol. The lowest BCUT2D eigenvalue weighted by molar-refractivity contribution is -0.155. The van der Waals surface area contributed by atoms with Crippen molar-refractivity contribution in [1.29, 1.82) is 0 Å². The van der Waals surface area contributed by atoms with E-state index in [-0.39, 0.29) is 23.8 Å². The Morgan fingerprint density at radius 2 is 1.69 bits per heavy atom. The fraction of sp³-hybridized carbons (Fsp3) is 0.636. The topological polar surface area (TPSA) is 85.9 Å². The molecule has 5 rings (SSSR count). The smallest absolute Gasteiger partial charge is 0.260 e. The number of hydrogen-bond donors (Lipinski definition) is 3. The van der Waals surface area contributed by atoms with Crippen molar-refractivity contribution in [1.82, 2.24) is 26.2 Å². The minimum atomic E-state index is -0.0359. The van der Waals surface area contributed by atoms with E-state index < -0.39 is 0 Å². The van der Waals surface area contributed by atoms with Gasteiger partial charge in [0.1, 0.15) is 5.75 Å². The van der Waals surface area contributed by atoms with Crippen LogP contribution in [0.4, 0.5) is 0 Å². The summed E-state index contributed by atoms with van der Waals surface area (Å²) in [5.41, 5.74) is 9.60. The SMILES string of the molecule is O=C(COc1cc(Cl)cc(Cl)c1)N1CCC2(CC1)CN(C(=O)C1CCC3NNNC3C1)C2. The van der Waals surface area contributed by atoms with Gasteiger partial charge in [0.2, 0.25) is 5.91 Å². The fourth-order valence-electron chi connectivity index (χ4n) is 5.53. The van der Waals surface area contributed by atoms with Gasteiger partial charge in [-0.15, -0.1) is 0 Å². The minimum Gasteiger partial charge on any atom is -0.484 e. The quantitative estimate of drug-likeness (QED) is 0.609. The summed E-state index contributed by atoms with van der Waals surface area (Å²) in [4.78, 5) is 29.5. The summed E-state index contributed by atoms with van der Waals surface area (Å²) in [6, 6.07) is 5.66. The van der Waals surface area contributed by atoms with Crippen LogP contribution in [0.2, 0.25) is 10.0 Å². The molecule has 10 heteroatoms. The molecule has 8 nitrogen and oxygen atoms in total. The van der Waals surface area contributed by atoms with Crippen LogP contribution >= 0.6 is 23.2 Å². The summed E-state index contributed by atoms with van der Waals surface area (Å²) in [6.45, 7) is 3.01. The highest BCUT2D eigenvalue weighted by atomic mass is 35.5. The van der Waals surface area contributed by atoms with Gasteiger partial charge in [0.15, 0.2) is 6.61 Å². The van der Waals surface area contributed by atoms with Crippen LogP contribution in [0.15, 0.2) is 18.2 Å². The van der Waals surface area contributed by atoms with Crippen molar-refractivity contribution in [3.63, 3.8) is 0 Å². The third-order valence-electron chi connectivity index (χ3n) is 7.45. The highest BCUT2D eigenvalue weighted by Gasteiger charge is 2.49. The van der Waals surface area contributed by atoms with E-state index in [0.717, 1.165) is 45.2 Å². The molecule has 3 atom stereocenters. The number of halogens is 2. The first kappa shape index (κ1) is 22.2. The van der Waals surface area contributed by atoms with Crippen LogP contribution < -0.4 is 21.1 Å². The van der Waals surface area contributed by atoms with E-state index in [1.807, 2.05) is 9.80 Å². The zero-order valence-corrected chi connectivity index (χ0v) is 19.4. The Morgan fingerprint density at radius 3 is 2.41 bits per heavy atom. The number of rotatable bonds is 4. The molecule has 32 heavy (non-hydrogen) atoms. The van der Waals surface area contributed by atoms with Gasteiger partial charge in [-0.25, -0.2) is 10.9 Å². The van der Waals surface area contributed by atoms with Crippen LogP contribution in [0.1, 0.15) is 32.1 Å². The van der Waals surface area contributed by atoms with Crippen molar-refractivity contribution in [3.05, 3.63) is 28.2 Å². The molecule has 3 heterocycles. The average molecular weight is 482 g/mol. The van der Waals surface area contributed by atoms with Gasteiger partial charge in [-0.05, 0) is 50.3 Å². The molecule has 3 saturated heterocycles. The molecule has 2 amide bonds. The lowest BCUT2D eigenvalue weighted by atomic mass is 9.71. The number of likely N-dealkylation sites (tertiary alicyclic amines) is 2. The number of hydrogen-bond acceptors (Lipinski definition) is 6. The van der Waals surface area contributed by atoms with E-state index in [1.54, 1.807) is 18.2 Å². The largest absolute Gasteiger partial charge is 0.484 e. The Bertz CT molecular complexity index is 864. The van der Waals surface area contributed by atoms with E-state index in [1.165, 1.54) is 0 Å². The molecule has 1 aromatic rings.